The summed E-state index contributed by atoms with van der Waals surface area (Å²) in [6.07, 6.45) is 10.9. The molecule has 110 valence electrons. The quantitative estimate of drug-likeness (QED) is 0.348. The van der Waals surface area contributed by atoms with Crippen molar-refractivity contribution in [1.29, 1.82) is 0 Å². The molecule has 0 saturated carbocycles. The SMILES string of the molecule is CCCCCCN(CC)N(CC)CCCCCC. The summed E-state index contributed by atoms with van der Waals surface area (Å²) in [5.74, 6) is 0. The van der Waals surface area contributed by atoms with Crippen molar-refractivity contribution in [1.82, 2.24) is 10.0 Å². The Balaban J connectivity index is 3.82. The monoisotopic (exact) mass is 256 g/mol. The number of hydrogen-bond acceptors (Lipinski definition) is 2. The molecular formula is C16H36N2. The highest BCUT2D eigenvalue weighted by atomic mass is 15.6. The summed E-state index contributed by atoms with van der Waals surface area (Å²) in [6, 6.07) is 0. The van der Waals surface area contributed by atoms with Crippen LogP contribution in [0, 0.1) is 0 Å². The van der Waals surface area contributed by atoms with E-state index in [2.05, 4.69) is 37.7 Å². The van der Waals surface area contributed by atoms with Gasteiger partial charge in [-0.3, -0.25) is 0 Å². The van der Waals surface area contributed by atoms with Crippen LogP contribution < -0.4 is 0 Å². The molecule has 0 bridgehead atoms. The number of rotatable bonds is 13. The van der Waals surface area contributed by atoms with Crippen molar-refractivity contribution >= 4 is 0 Å². The predicted octanol–water partition coefficient (Wildman–Crippen LogP) is 4.71. The van der Waals surface area contributed by atoms with Crippen molar-refractivity contribution in [2.75, 3.05) is 26.2 Å². The highest BCUT2D eigenvalue weighted by molar-refractivity contribution is 4.57. The Kier molecular flexibility index (Phi) is 13.3. The maximum absolute atomic E-state index is 2.56. The van der Waals surface area contributed by atoms with Gasteiger partial charge in [0.25, 0.3) is 0 Å². The van der Waals surface area contributed by atoms with E-state index in [1.165, 1.54) is 64.5 Å². The van der Waals surface area contributed by atoms with Gasteiger partial charge >= 0.3 is 0 Å². The molecule has 0 radical (unpaired) electrons. The Labute approximate surface area is 116 Å². The lowest BCUT2D eigenvalue weighted by Crippen LogP contribution is -2.43. The van der Waals surface area contributed by atoms with E-state index < -0.39 is 0 Å². The molecule has 0 aromatic rings. The fourth-order valence-electron chi connectivity index (χ4n) is 2.44. The first kappa shape index (κ1) is 17.9. The molecule has 0 aromatic heterocycles. The molecule has 18 heavy (non-hydrogen) atoms. The molecule has 0 N–H and O–H groups in total. The zero-order valence-electron chi connectivity index (χ0n) is 13.4. The van der Waals surface area contributed by atoms with Gasteiger partial charge in [0.1, 0.15) is 0 Å². The lowest BCUT2D eigenvalue weighted by Gasteiger charge is -2.33. The van der Waals surface area contributed by atoms with Crippen LogP contribution in [0.4, 0.5) is 0 Å². The van der Waals surface area contributed by atoms with Gasteiger partial charge in [-0.15, -0.1) is 0 Å². The molecule has 0 atom stereocenters. The van der Waals surface area contributed by atoms with E-state index in [0.29, 0.717) is 0 Å². The maximum atomic E-state index is 2.56. The first-order valence-corrected chi connectivity index (χ1v) is 8.29. The second-order valence-electron chi connectivity index (χ2n) is 5.21. The summed E-state index contributed by atoms with van der Waals surface area (Å²) in [7, 11) is 0. The van der Waals surface area contributed by atoms with E-state index in [0.717, 1.165) is 13.1 Å². The molecule has 0 rings (SSSR count). The Morgan fingerprint density at radius 1 is 0.500 bits per heavy atom. The van der Waals surface area contributed by atoms with E-state index in [1.54, 1.807) is 0 Å². The highest BCUT2D eigenvalue weighted by Crippen LogP contribution is 2.07. The van der Waals surface area contributed by atoms with Gasteiger partial charge in [0.2, 0.25) is 0 Å². The van der Waals surface area contributed by atoms with Crippen LogP contribution in [0.15, 0.2) is 0 Å². The molecule has 0 unspecified atom stereocenters. The van der Waals surface area contributed by atoms with E-state index in [-0.39, 0.29) is 0 Å². The molecule has 0 aliphatic heterocycles. The Bertz CT molecular complexity index is 141. The van der Waals surface area contributed by atoms with Gasteiger partial charge in [-0.05, 0) is 12.8 Å². The van der Waals surface area contributed by atoms with Gasteiger partial charge in [0.05, 0.1) is 0 Å². The molecule has 0 aliphatic carbocycles. The fraction of sp³-hybridized carbons (Fsp3) is 1.00. The minimum atomic E-state index is 1.16. The van der Waals surface area contributed by atoms with Crippen LogP contribution in [0.1, 0.15) is 79.1 Å². The third-order valence-electron chi connectivity index (χ3n) is 3.67. The molecule has 0 heterocycles. The van der Waals surface area contributed by atoms with E-state index >= 15 is 0 Å². The highest BCUT2D eigenvalue weighted by Gasteiger charge is 2.10. The summed E-state index contributed by atoms with van der Waals surface area (Å²) >= 11 is 0. The number of nitrogens with zero attached hydrogens (tertiary/aromatic N) is 2. The molecule has 0 saturated heterocycles. The lowest BCUT2D eigenvalue weighted by molar-refractivity contribution is -0.0190. The number of unbranched alkanes of at least 4 members (excludes halogenated alkanes) is 6. The summed E-state index contributed by atoms with van der Waals surface area (Å²) in [4.78, 5) is 0. The fourth-order valence-corrected chi connectivity index (χ4v) is 2.44. The van der Waals surface area contributed by atoms with Gasteiger partial charge in [0, 0.05) is 26.2 Å². The molecule has 0 aromatic carbocycles. The van der Waals surface area contributed by atoms with Gasteiger partial charge in [-0.25, -0.2) is 10.0 Å². The second-order valence-corrected chi connectivity index (χ2v) is 5.21. The largest absolute Gasteiger partial charge is 0.242 e. The van der Waals surface area contributed by atoms with Crippen LogP contribution in [0.2, 0.25) is 0 Å². The molecular weight excluding hydrogens is 220 g/mol. The van der Waals surface area contributed by atoms with Crippen molar-refractivity contribution in [2.45, 2.75) is 79.1 Å². The van der Waals surface area contributed by atoms with Crippen molar-refractivity contribution in [3.05, 3.63) is 0 Å². The van der Waals surface area contributed by atoms with Gasteiger partial charge in [-0.2, -0.15) is 0 Å². The maximum Gasteiger partial charge on any atom is 0.0133 e. The lowest BCUT2D eigenvalue weighted by atomic mass is 10.2. The standard InChI is InChI=1S/C16H36N2/c1-5-9-11-13-15-17(7-3)18(8-4)16-14-12-10-6-2/h5-16H2,1-4H3. The van der Waals surface area contributed by atoms with Crippen LogP contribution in [0.25, 0.3) is 0 Å². The van der Waals surface area contributed by atoms with Crippen LogP contribution in [-0.2, 0) is 0 Å². The van der Waals surface area contributed by atoms with Crippen LogP contribution in [-0.4, -0.2) is 36.2 Å². The van der Waals surface area contributed by atoms with Crippen molar-refractivity contribution in [3.63, 3.8) is 0 Å². The average molecular weight is 256 g/mol. The number of hydrazine groups is 1. The smallest absolute Gasteiger partial charge is 0.0133 e. The zero-order valence-corrected chi connectivity index (χ0v) is 13.4. The summed E-state index contributed by atoms with van der Waals surface area (Å²) in [5.41, 5.74) is 0. The molecule has 2 heteroatoms. The van der Waals surface area contributed by atoms with Gasteiger partial charge in [-0.1, -0.05) is 66.2 Å². The number of hydrogen-bond donors (Lipinski definition) is 0. The van der Waals surface area contributed by atoms with E-state index in [4.69, 9.17) is 0 Å². The average Bonchev–Trinajstić information content (AvgIpc) is 2.40. The summed E-state index contributed by atoms with van der Waals surface area (Å²) in [5, 5.41) is 5.11. The predicted molar refractivity (Wildman–Crippen MR) is 82.8 cm³/mol. The topological polar surface area (TPSA) is 6.48 Å². The first-order valence-electron chi connectivity index (χ1n) is 8.29. The van der Waals surface area contributed by atoms with Crippen LogP contribution in [0.5, 0.6) is 0 Å². The summed E-state index contributed by atoms with van der Waals surface area (Å²) < 4.78 is 0. The molecule has 0 amide bonds. The van der Waals surface area contributed by atoms with Gasteiger partial charge in [0.15, 0.2) is 0 Å². The van der Waals surface area contributed by atoms with Gasteiger partial charge < -0.3 is 0 Å². The minimum absolute atomic E-state index is 1.16. The van der Waals surface area contributed by atoms with Crippen LogP contribution >= 0.6 is 0 Å². The molecule has 0 aliphatic rings. The molecule has 0 fully saturated rings. The molecule has 0 spiro atoms. The van der Waals surface area contributed by atoms with Crippen molar-refractivity contribution in [2.24, 2.45) is 0 Å². The first-order chi connectivity index (χ1) is 8.79. The minimum Gasteiger partial charge on any atom is -0.242 e. The van der Waals surface area contributed by atoms with E-state index in [1.807, 2.05) is 0 Å². The molecule has 2 nitrogen and oxygen atoms in total. The third kappa shape index (κ3) is 8.93. The third-order valence-corrected chi connectivity index (χ3v) is 3.67. The normalized spacial score (nSPS) is 11.7. The summed E-state index contributed by atoms with van der Waals surface area (Å²) in [6.45, 7) is 14.0. The van der Waals surface area contributed by atoms with Crippen molar-refractivity contribution in [3.8, 4) is 0 Å². The van der Waals surface area contributed by atoms with E-state index in [9.17, 15) is 0 Å². The Morgan fingerprint density at radius 2 is 0.889 bits per heavy atom. The Morgan fingerprint density at radius 3 is 1.17 bits per heavy atom. The Hall–Kier alpha value is -0.0800. The zero-order chi connectivity index (χ0) is 13.6. The van der Waals surface area contributed by atoms with Crippen molar-refractivity contribution < 1.29 is 0 Å². The second kappa shape index (κ2) is 13.4. The van der Waals surface area contributed by atoms with Crippen LogP contribution in [0.3, 0.4) is 0 Å².